The summed E-state index contributed by atoms with van der Waals surface area (Å²) >= 11 is 3.20. The van der Waals surface area contributed by atoms with E-state index in [0.29, 0.717) is 10.0 Å². The molecule has 106 valence electrons. The molecule has 3 N–H and O–H groups in total. The SMILES string of the molecule is Cl.NC1CCC(NC(=O)c2ccc(F)cc2Br)CC1. The van der Waals surface area contributed by atoms with Crippen molar-refractivity contribution in [2.24, 2.45) is 5.73 Å². The Balaban J connectivity index is 0.00000180. The maximum Gasteiger partial charge on any atom is 0.252 e. The molecule has 1 saturated carbocycles. The molecule has 1 aromatic rings. The summed E-state index contributed by atoms with van der Waals surface area (Å²) in [6.07, 6.45) is 3.70. The Labute approximate surface area is 126 Å². The fourth-order valence-corrected chi connectivity index (χ4v) is 2.73. The minimum Gasteiger partial charge on any atom is -0.349 e. The molecule has 1 aliphatic rings. The maximum absolute atomic E-state index is 12.9. The van der Waals surface area contributed by atoms with Crippen molar-refractivity contribution in [3.8, 4) is 0 Å². The normalized spacial score (nSPS) is 22.5. The molecule has 0 radical (unpaired) electrons. The number of rotatable bonds is 2. The summed E-state index contributed by atoms with van der Waals surface area (Å²) in [5.74, 6) is -0.524. The van der Waals surface area contributed by atoms with E-state index < -0.39 is 0 Å². The first kappa shape index (κ1) is 16.4. The van der Waals surface area contributed by atoms with Crippen LogP contribution in [0.2, 0.25) is 0 Å². The fraction of sp³-hybridized carbons (Fsp3) is 0.462. The molecule has 0 saturated heterocycles. The average molecular weight is 352 g/mol. The van der Waals surface area contributed by atoms with Gasteiger partial charge in [-0.1, -0.05) is 0 Å². The average Bonchev–Trinajstić information content (AvgIpc) is 2.32. The lowest BCUT2D eigenvalue weighted by molar-refractivity contribution is 0.0925. The van der Waals surface area contributed by atoms with Crippen LogP contribution in [0.4, 0.5) is 4.39 Å². The van der Waals surface area contributed by atoms with Crippen molar-refractivity contribution in [2.75, 3.05) is 0 Å². The number of amides is 1. The molecular formula is C13H17BrClFN2O. The Morgan fingerprint density at radius 3 is 2.53 bits per heavy atom. The van der Waals surface area contributed by atoms with Crippen LogP contribution < -0.4 is 11.1 Å². The number of halogens is 3. The molecule has 0 spiro atoms. The summed E-state index contributed by atoms with van der Waals surface area (Å²) in [6, 6.07) is 4.51. The predicted octanol–water partition coefficient (Wildman–Crippen LogP) is 3.01. The Hall–Kier alpha value is -0.650. The van der Waals surface area contributed by atoms with Crippen molar-refractivity contribution >= 4 is 34.2 Å². The second-order valence-corrected chi connectivity index (χ2v) is 5.56. The zero-order valence-electron chi connectivity index (χ0n) is 10.4. The summed E-state index contributed by atoms with van der Waals surface area (Å²) in [7, 11) is 0. The van der Waals surface area contributed by atoms with Crippen LogP contribution in [0.15, 0.2) is 22.7 Å². The first-order chi connectivity index (χ1) is 8.56. The number of hydrogen-bond donors (Lipinski definition) is 2. The Morgan fingerprint density at radius 2 is 1.95 bits per heavy atom. The lowest BCUT2D eigenvalue weighted by atomic mass is 9.91. The standard InChI is InChI=1S/C13H16BrFN2O.ClH/c14-12-7-8(15)1-6-11(12)13(18)17-10-4-2-9(16)3-5-10;/h1,6-7,9-10H,2-5,16H2,(H,17,18);1H. The number of carbonyl (C=O) groups excluding carboxylic acids is 1. The summed E-state index contributed by atoms with van der Waals surface area (Å²) in [6.45, 7) is 0. The third-order valence-corrected chi connectivity index (χ3v) is 3.94. The highest BCUT2D eigenvalue weighted by atomic mass is 79.9. The minimum atomic E-state index is -0.359. The van der Waals surface area contributed by atoms with E-state index in [1.165, 1.54) is 18.2 Å². The van der Waals surface area contributed by atoms with E-state index in [4.69, 9.17) is 5.73 Å². The lowest BCUT2D eigenvalue weighted by Gasteiger charge is -2.26. The third-order valence-electron chi connectivity index (χ3n) is 3.28. The Morgan fingerprint density at radius 1 is 1.32 bits per heavy atom. The molecule has 0 aliphatic heterocycles. The van der Waals surface area contributed by atoms with Gasteiger partial charge >= 0.3 is 0 Å². The highest BCUT2D eigenvalue weighted by Gasteiger charge is 2.21. The molecule has 1 aliphatic carbocycles. The summed E-state index contributed by atoms with van der Waals surface area (Å²) in [5.41, 5.74) is 6.28. The molecule has 6 heteroatoms. The number of hydrogen-bond acceptors (Lipinski definition) is 2. The van der Waals surface area contributed by atoms with Crippen LogP contribution in [-0.4, -0.2) is 18.0 Å². The summed E-state index contributed by atoms with van der Waals surface area (Å²) in [4.78, 5) is 12.0. The largest absolute Gasteiger partial charge is 0.349 e. The maximum atomic E-state index is 12.9. The molecule has 0 atom stereocenters. The van der Waals surface area contributed by atoms with Gasteiger partial charge < -0.3 is 11.1 Å². The van der Waals surface area contributed by atoms with Gasteiger partial charge in [-0.05, 0) is 59.8 Å². The minimum absolute atomic E-state index is 0. The van der Waals surface area contributed by atoms with Crippen molar-refractivity contribution in [1.82, 2.24) is 5.32 Å². The van der Waals surface area contributed by atoms with E-state index in [0.717, 1.165) is 25.7 Å². The summed E-state index contributed by atoms with van der Waals surface area (Å²) in [5, 5.41) is 2.97. The van der Waals surface area contributed by atoms with Crippen LogP contribution in [0.3, 0.4) is 0 Å². The molecule has 0 aromatic heterocycles. The van der Waals surface area contributed by atoms with Crippen LogP contribution in [0, 0.1) is 5.82 Å². The van der Waals surface area contributed by atoms with Crippen molar-refractivity contribution in [3.63, 3.8) is 0 Å². The monoisotopic (exact) mass is 350 g/mol. The number of carbonyl (C=O) groups is 1. The number of nitrogens with two attached hydrogens (primary N) is 1. The summed E-state index contributed by atoms with van der Waals surface area (Å²) < 4.78 is 13.4. The van der Waals surface area contributed by atoms with E-state index in [1.807, 2.05) is 0 Å². The van der Waals surface area contributed by atoms with Crippen LogP contribution in [0.25, 0.3) is 0 Å². The topological polar surface area (TPSA) is 55.1 Å². The van der Waals surface area contributed by atoms with Gasteiger partial charge in [0.25, 0.3) is 5.91 Å². The molecular weight excluding hydrogens is 335 g/mol. The van der Waals surface area contributed by atoms with E-state index in [9.17, 15) is 9.18 Å². The van der Waals surface area contributed by atoms with Crippen LogP contribution >= 0.6 is 28.3 Å². The quantitative estimate of drug-likeness (QED) is 0.860. The van der Waals surface area contributed by atoms with Gasteiger partial charge in [0.05, 0.1) is 5.56 Å². The van der Waals surface area contributed by atoms with Crippen LogP contribution in [0.5, 0.6) is 0 Å². The Kier molecular flexibility index (Phi) is 6.23. The van der Waals surface area contributed by atoms with E-state index in [2.05, 4.69) is 21.2 Å². The molecule has 1 amide bonds. The second kappa shape index (κ2) is 7.22. The van der Waals surface area contributed by atoms with Crippen molar-refractivity contribution in [2.45, 2.75) is 37.8 Å². The molecule has 3 nitrogen and oxygen atoms in total. The predicted molar refractivity (Wildman–Crippen MR) is 79.0 cm³/mol. The zero-order valence-corrected chi connectivity index (χ0v) is 12.8. The van der Waals surface area contributed by atoms with E-state index >= 15 is 0 Å². The fourth-order valence-electron chi connectivity index (χ4n) is 2.20. The molecule has 1 fully saturated rings. The third kappa shape index (κ3) is 4.44. The first-order valence-electron chi connectivity index (χ1n) is 6.08. The highest BCUT2D eigenvalue weighted by molar-refractivity contribution is 9.10. The van der Waals surface area contributed by atoms with Gasteiger partial charge in [0.2, 0.25) is 0 Å². The van der Waals surface area contributed by atoms with Crippen LogP contribution in [-0.2, 0) is 0 Å². The van der Waals surface area contributed by atoms with Crippen molar-refractivity contribution in [3.05, 3.63) is 34.1 Å². The Bertz CT molecular complexity index is 450. The van der Waals surface area contributed by atoms with Crippen LogP contribution in [0.1, 0.15) is 36.0 Å². The van der Waals surface area contributed by atoms with Gasteiger partial charge in [0, 0.05) is 16.6 Å². The molecule has 0 heterocycles. The van der Waals surface area contributed by atoms with E-state index in [-0.39, 0.29) is 36.2 Å². The van der Waals surface area contributed by atoms with Crippen molar-refractivity contribution < 1.29 is 9.18 Å². The van der Waals surface area contributed by atoms with Gasteiger partial charge in [-0.2, -0.15) is 0 Å². The molecule has 2 rings (SSSR count). The number of nitrogens with one attached hydrogen (secondary N) is 1. The van der Waals surface area contributed by atoms with E-state index in [1.54, 1.807) is 0 Å². The van der Waals surface area contributed by atoms with Gasteiger partial charge in [0.1, 0.15) is 5.82 Å². The van der Waals surface area contributed by atoms with Crippen molar-refractivity contribution in [1.29, 1.82) is 0 Å². The highest BCUT2D eigenvalue weighted by Crippen LogP contribution is 2.20. The molecule has 1 aromatic carbocycles. The molecule has 0 unspecified atom stereocenters. The van der Waals surface area contributed by atoms with Gasteiger partial charge in [-0.15, -0.1) is 12.4 Å². The molecule has 0 bridgehead atoms. The van der Waals surface area contributed by atoms with Gasteiger partial charge in [-0.3, -0.25) is 4.79 Å². The first-order valence-corrected chi connectivity index (χ1v) is 6.87. The lowest BCUT2D eigenvalue weighted by Crippen LogP contribution is -2.40. The number of benzene rings is 1. The second-order valence-electron chi connectivity index (χ2n) is 4.71. The zero-order chi connectivity index (χ0) is 13.1. The smallest absolute Gasteiger partial charge is 0.252 e. The molecule has 19 heavy (non-hydrogen) atoms. The van der Waals surface area contributed by atoms with Gasteiger partial charge in [0.15, 0.2) is 0 Å². The van der Waals surface area contributed by atoms with Gasteiger partial charge in [-0.25, -0.2) is 4.39 Å².